The number of hydrogen-bond acceptors (Lipinski definition) is 6. The summed E-state index contributed by atoms with van der Waals surface area (Å²) in [5, 5.41) is 4.32. The smallest absolute Gasteiger partial charge is 0.252 e. The van der Waals surface area contributed by atoms with Crippen LogP contribution in [0.15, 0.2) is 42.6 Å². The topological polar surface area (TPSA) is 89.7 Å². The molecule has 2 fully saturated rings. The molecule has 1 amide bonds. The molecular formula is C26H30N4O3. The lowest BCUT2D eigenvalue weighted by Gasteiger charge is -2.37. The highest BCUT2D eigenvalue weighted by atomic mass is 16.5. The van der Waals surface area contributed by atoms with Gasteiger partial charge < -0.3 is 20.5 Å². The molecule has 0 spiro atoms. The maximum atomic E-state index is 13.4. The summed E-state index contributed by atoms with van der Waals surface area (Å²) in [5.74, 6) is 1.17. The number of hydrogen-bond donors (Lipinski definition) is 2. The van der Waals surface area contributed by atoms with Crippen molar-refractivity contribution in [1.29, 1.82) is 0 Å². The van der Waals surface area contributed by atoms with Crippen LogP contribution in [-0.4, -0.2) is 49.1 Å². The first-order chi connectivity index (χ1) is 15.9. The van der Waals surface area contributed by atoms with Crippen molar-refractivity contribution in [2.24, 2.45) is 0 Å². The second-order valence-electron chi connectivity index (χ2n) is 9.22. The maximum Gasteiger partial charge on any atom is 0.252 e. The second kappa shape index (κ2) is 8.23. The van der Waals surface area contributed by atoms with Gasteiger partial charge in [0.05, 0.1) is 23.9 Å². The molecule has 0 bridgehead atoms. The molecule has 1 aliphatic carbocycles. The molecule has 1 saturated carbocycles. The van der Waals surface area contributed by atoms with Gasteiger partial charge in [0, 0.05) is 29.3 Å². The monoisotopic (exact) mass is 446 g/mol. The fourth-order valence-corrected chi connectivity index (χ4v) is 4.59. The number of nitrogens with two attached hydrogens (primary N) is 1. The third-order valence-electron chi connectivity index (χ3n) is 7.02. The normalized spacial score (nSPS) is 19.1. The van der Waals surface area contributed by atoms with Crippen molar-refractivity contribution in [3.05, 3.63) is 59.3 Å². The van der Waals surface area contributed by atoms with Crippen LogP contribution in [0.2, 0.25) is 0 Å². The molecule has 2 aliphatic rings. The van der Waals surface area contributed by atoms with E-state index in [1.165, 1.54) is 0 Å². The number of aromatic nitrogens is 1. The van der Waals surface area contributed by atoms with E-state index in [1.807, 2.05) is 37.3 Å². The highest BCUT2D eigenvalue weighted by Gasteiger charge is 2.47. The minimum absolute atomic E-state index is 0.129. The number of amides is 1. The number of carbonyl (C=O) groups excluding carboxylic acids is 1. The van der Waals surface area contributed by atoms with Crippen LogP contribution in [0.4, 0.5) is 5.69 Å². The SMILES string of the molecule is COc1cc(C2(NC(=O)c3cc(OC[C@@H]4CCN4C)c(N)cc3C)CC2)c2cccnc2c1. The summed E-state index contributed by atoms with van der Waals surface area (Å²) in [5.41, 5.74) is 9.62. The van der Waals surface area contributed by atoms with Crippen LogP contribution >= 0.6 is 0 Å². The molecule has 1 aromatic heterocycles. The van der Waals surface area contributed by atoms with Gasteiger partial charge in [-0.15, -0.1) is 0 Å². The summed E-state index contributed by atoms with van der Waals surface area (Å²) in [6, 6.07) is 11.9. The van der Waals surface area contributed by atoms with Gasteiger partial charge in [0.15, 0.2) is 0 Å². The van der Waals surface area contributed by atoms with Crippen LogP contribution in [0, 0.1) is 6.92 Å². The van der Waals surface area contributed by atoms with E-state index < -0.39 is 5.54 Å². The van der Waals surface area contributed by atoms with E-state index in [-0.39, 0.29) is 5.91 Å². The van der Waals surface area contributed by atoms with Gasteiger partial charge >= 0.3 is 0 Å². The van der Waals surface area contributed by atoms with Gasteiger partial charge in [-0.05, 0) is 75.2 Å². The number of fused-ring (bicyclic) bond motifs is 1. The Morgan fingerprint density at radius 3 is 2.79 bits per heavy atom. The van der Waals surface area contributed by atoms with Crippen molar-refractivity contribution in [2.45, 2.75) is 37.8 Å². The molecule has 0 radical (unpaired) electrons. The average Bonchev–Trinajstić information content (AvgIpc) is 3.58. The average molecular weight is 447 g/mol. The van der Waals surface area contributed by atoms with Gasteiger partial charge in [-0.25, -0.2) is 0 Å². The lowest BCUT2D eigenvalue weighted by Crippen LogP contribution is -2.48. The number of anilines is 1. The van der Waals surface area contributed by atoms with Crippen molar-refractivity contribution >= 4 is 22.5 Å². The van der Waals surface area contributed by atoms with Crippen molar-refractivity contribution in [2.75, 3.05) is 33.0 Å². The fraction of sp³-hybridized carbons (Fsp3) is 0.385. The molecular weight excluding hydrogens is 416 g/mol. The Labute approximate surface area is 193 Å². The van der Waals surface area contributed by atoms with Gasteiger partial charge in [0.25, 0.3) is 5.91 Å². The number of nitrogen functional groups attached to an aromatic ring is 1. The number of pyridine rings is 1. The predicted octanol–water partition coefficient (Wildman–Crippen LogP) is 3.64. The van der Waals surface area contributed by atoms with Crippen molar-refractivity contribution in [3.8, 4) is 11.5 Å². The number of rotatable bonds is 7. The van der Waals surface area contributed by atoms with Gasteiger partial charge in [0.1, 0.15) is 18.1 Å². The molecule has 7 nitrogen and oxygen atoms in total. The van der Waals surface area contributed by atoms with E-state index in [2.05, 4.69) is 22.2 Å². The van der Waals surface area contributed by atoms with Crippen LogP contribution in [0.3, 0.4) is 0 Å². The third-order valence-corrected chi connectivity index (χ3v) is 7.02. The summed E-state index contributed by atoms with van der Waals surface area (Å²) in [6.07, 6.45) is 4.61. The van der Waals surface area contributed by atoms with E-state index in [9.17, 15) is 4.79 Å². The quantitative estimate of drug-likeness (QED) is 0.539. The molecule has 3 N–H and O–H groups in total. The van der Waals surface area contributed by atoms with Gasteiger partial charge in [-0.2, -0.15) is 0 Å². The van der Waals surface area contributed by atoms with Gasteiger partial charge in [-0.3, -0.25) is 14.7 Å². The third kappa shape index (κ3) is 3.97. The molecule has 2 aromatic carbocycles. The number of methoxy groups -OCH3 is 1. The molecule has 0 unspecified atom stereocenters. The number of nitrogens with one attached hydrogen (secondary N) is 1. The van der Waals surface area contributed by atoms with Gasteiger partial charge in [-0.1, -0.05) is 6.07 Å². The highest BCUT2D eigenvalue weighted by molar-refractivity contribution is 5.98. The van der Waals surface area contributed by atoms with Crippen molar-refractivity contribution in [3.63, 3.8) is 0 Å². The molecule has 2 heterocycles. The van der Waals surface area contributed by atoms with Crippen LogP contribution in [0.5, 0.6) is 11.5 Å². The summed E-state index contributed by atoms with van der Waals surface area (Å²) in [7, 11) is 3.73. The van der Waals surface area contributed by atoms with Crippen LogP contribution in [0.1, 0.15) is 40.7 Å². The van der Waals surface area contributed by atoms with Crippen LogP contribution in [-0.2, 0) is 5.54 Å². The molecule has 33 heavy (non-hydrogen) atoms. The Morgan fingerprint density at radius 1 is 1.30 bits per heavy atom. The van der Waals surface area contributed by atoms with Crippen molar-refractivity contribution < 1.29 is 14.3 Å². The first kappa shape index (κ1) is 21.5. The minimum Gasteiger partial charge on any atom is -0.497 e. The Morgan fingerprint density at radius 2 is 2.12 bits per heavy atom. The van der Waals surface area contributed by atoms with E-state index in [1.54, 1.807) is 19.4 Å². The summed E-state index contributed by atoms with van der Waals surface area (Å²) >= 11 is 0. The Balaban J connectivity index is 1.42. The van der Waals surface area contributed by atoms with E-state index in [0.717, 1.165) is 53.6 Å². The number of carbonyl (C=O) groups is 1. The highest BCUT2D eigenvalue weighted by Crippen LogP contribution is 2.49. The number of benzene rings is 2. The Kier molecular flexibility index (Phi) is 5.37. The predicted molar refractivity (Wildman–Crippen MR) is 129 cm³/mol. The fourth-order valence-electron chi connectivity index (χ4n) is 4.59. The zero-order chi connectivity index (χ0) is 23.2. The standard InChI is InChI=1S/C26H30N4O3/c1-16-11-22(27)24(33-15-17-6-10-30(17)2)14-20(16)25(31)29-26(7-8-26)21-12-18(32-3)13-23-19(21)5-4-9-28-23/h4-5,9,11-14,17H,6-8,10,15,27H2,1-3H3,(H,29,31)/t17-/m0/s1. The lowest BCUT2D eigenvalue weighted by atomic mass is 9.97. The maximum absolute atomic E-state index is 13.4. The second-order valence-corrected chi connectivity index (χ2v) is 9.22. The van der Waals surface area contributed by atoms with Crippen molar-refractivity contribution in [1.82, 2.24) is 15.2 Å². The van der Waals surface area contributed by atoms with Crippen LogP contribution in [0.25, 0.3) is 10.9 Å². The number of ether oxygens (including phenoxy) is 2. The molecule has 7 heteroatoms. The summed E-state index contributed by atoms with van der Waals surface area (Å²) in [6.45, 7) is 3.55. The molecule has 172 valence electrons. The first-order valence-corrected chi connectivity index (χ1v) is 11.4. The number of aryl methyl sites for hydroxylation is 1. The molecule has 3 aromatic rings. The van der Waals surface area contributed by atoms with E-state index in [4.69, 9.17) is 15.2 Å². The molecule has 1 aliphatic heterocycles. The Bertz CT molecular complexity index is 1220. The summed E-state index contributed by atoms with van der Waals surface area (Å²) in [4.78, 5) is 20.2. The number of likely N-dealkylation sites (tertiary alicyclic amines) is 1. The minimum atomic E-state index is -0.434. The zero-order valence-corrected chi connectivity index (χ0v) is 19.4. The lowest BCUT2D eigenvalue weighted by molar-refractivity contribution is 0.0770. The molecule has 1 saturated heterocycles. The van der Waals surface area contributed by atoms with Crippen LogP contribution < -0.4 is 20.5 Å². The first-order valence-electron chi connectivity index (χ1n) is 11.4. The number of likely N-dealkylation sites (N-methyl/N-ethyl adjacent to an activating group) is 1. The molecule has 1 atom stereocenters. The van der Waals surface area contributed by atoms with E-state index >= 15 is 0 Å². The van der Waals surface area contributed by atoms with Gasteiger partial charge in [0.2, 0.25) is 0 Å². The van der Waals surface area contributed by atoms with E-state index in [0.29, 0.717) is 29.6 Å². The number of nitrogens with zero attached hydrogens (tertiary/aromatic N) is 2. The molecule has 5 rings (SSSR count). The Hall–Kier alpha value is -3.32. The largest absolute Gasteiger partial charge is 0.497 e. The zero-order valence-electron chi connectivity index (χ0n) is 19.4. The summed E-state index contributed by atoms with van der Waals surface area (Å²) < 4.78 is 11.5.